The van der Waals surface area contributed by atoms with Crippen molar-refractivity contribution in [3.63, 3.8) is 0 Å². The Hall–Kier alpha value is -1.16. The van der Waals surface area contributed by atoms with Gasteiger partial charge in [0.1, 0.15) is 5.78 Å². The molecule has 0 aliphatic rings. The number of hydrogen-bond donors (Lipinski definition) is 2. The first-order chi connectivity index (χ1) is 5.37. The summed E-state index contributed by atoms with van der Waals surface area (Å²) in [7, 11) is 1.00. The smallest absolute Gasteiger partial charge is 0.330 e. The van der Waals surface area contributed by atoms with E-state index >= 15 is 0 Å². The van der Waals surface area contributed by atoms with Crippen molar-refractivity contribution in [1.82, 2.24) is 0 Å². The van der Waals surface area contributed by atoms with Crippen molar-refractivity contribution in [2.75, 3.05) is 7.11 Å². The van der Waals surface area contributed by atoms with Crippen LogP contribution in [0.25, 0.3) is 0 Å². The van der Waals surface area contributed by atoms with Gasteiger partial charge in [-0.25, -0.2) is 4.79 Å². The second-order valence-electron chi connectivity index (χ2n) is 1.99. The van der Waals surface area contributed by atoms with E-state index in [0.717, 1.165) is 7.11 Å². The summed E-state index contributed by atoms with van der Waals surface area (Å²) < 4.78 is 0. The SMILES string of the molecule is C=C(C)C(=O)O.CC(C)=O.CO. The largest absolute Gasteiger partial charge is 0.478 e. The Kier molecular flexibility index (Phi) is 17.8. The van der Waals surface area contributed by atoms with Crippen LogP contribution in [0.4, 0.5) is 0 Å². The minimum Gasteiger partial charge on any atom is -0.478 e. The van der Waals surface area contributed by atoms with Gasteiger partial charge in [0.15, 0.2) is 0 Å². The molecule has 0 radical (unpaired) electrons. The summed E-state index contributed by atoms with van der Waals surface area (Å²) in [4.78, 5) is 19.0. The average Bonchev–Trinajstić information content (AvgIpc) is 1.90. The number of hydrogen-bond acceptors (Lipinski definition) is 3. The van der Waals surface area contributed by atoms with Gasteiger partial charge >= 0.3 is 5.97 Å². The van der Waals surface area contributed by atoms with Crippen molar-refractivity contribution in [2.45, 2.75) is 20.8 Å². The molecule has 0 aromatic rings. The van der Waals surface area contributed by atoms with Gasteiger partial charge in [-0.2, -0.15) is 0 Å². The zero-order chi connectivity index (χ0) is 10.7. The highest BCUT2D eigenvalue weighted by atomic mass is 16.4. The topological polar surface area (TPSA) is 74.6 Å². The van der Waals surface area contributed by atoms with Crippen LogP contribution in [-0.2, 0) is 9.59 Å². The van der Waals surface area contributed by atoms with E-state index in [4.69, 9.17) is 10.2 Å². The number of carboxylic acid groups (broad SMARTS) is 1. The summed E-state index contributed by atoms with van der Waals surface area (Å²) >= 11 is 0. The molecular weight excluding hydrogens is 160 g/mol. The average molecular weight is 176 g/mol. The minimum atomic E-state index is -0.935. The normalized spacial score (nSPS) is 6.42. The molecule has 0 aliphatic carbocycles. The molecule has 0 aromatic carbocycles. The van der Waals surface area contributed by atoms with Gasteiger partial charge < -0.3 is 15.0 Å². The van der Waals surface area contributed by atoms with E-state index in [-0.39, 0.29) is 11.4 Å². The van der Waals surface area contributed by atoms with E-state index in [2.05, 4.69) is 6.58 Å². The Morgan fingerprint density at radius 2 is 1.17 bits per heavy atom. The fraction of sp³-hybridized carbons (Fsp3) is 0.500. The lowest BCUT2D eigenvalue weighted by Crippen LogP contribution is -1.92. The van der Waals surface area contributed by atoms with Gasteiger partial charge in [0.05, 0.1) is 0 Å². The summed E-state index contributed by atoms with van der Waals surface area (Å²) in [5.74, 6) is -0.769. The second kappa shape index (κ2) is 12.5. The summed E-state index contributed by atoms with van der Waals surface area (Å²) in [6, 6.07) is 0. The molecule has 72 valence electrons. The molecule has 4 heteroatoms. The van der Waals surface area contributed by atoms with E-state index < -0.39 is 5.97 Å². The number of aliphatic hydroxyl groups excluding tert-OH is 1. The van der Waals surface area contributed by atoms with Crippen molar-refractivity contribution in [1.29, 1.82) is 0 Å². The van der Waals surface area contributed by atoms with Gasteiger partial charge in [-0.15, -0.1) is 0 Å². The predicted octanol–water partition coefficient (Wildman–Crippen LogP) is 0.851. The van der Waals surface area contributed by atoms with E-state index in [0.29, 0.717) is 0 Å². The second-order valence-corrected chi connectivity index (χ2v) is 1.99. The third-order valence-electron chi connectivity index (χ3n) is 0.365. The maximum atomic E-state index is 9.60. The van der Waals surface area contributed by atoms with Crippen LogP contribution in [0.15, 0.2) is 12.2 Å². The molecule has 0 saturated carbocycles. The Morgan fingerprint density at radius 3 is 1.17 bits per heavy atom. The Labute approximate surface area is 72.5 Å². The lowest BCUT2D eigenvalue weighted by atomic mass is 10.4. The van der Waals surface area contributed by atoms with Crippen molar-refractivity contribution in [3.8, 4) is 0 Å². The van der Waals surface area contributed by atoms with Gasteiger partial charge in [0, 0.05) is 12.7 Å². The highest BCUT2D eigenvalue weighted by molar-refractivity contribution is 5.84. The third-order valence-corrected chi connectivity index (χ3v) is 0.365. The number of rotatable bonds is 1. The van der Waals surface area contributed by atoms with Crippen LogP contribution in [-0.4, -0.2) is 29.1 Å². The molecule has 2 N–H and O–H groups in total. The van der Waals surface area contributed by atoms with Crippen LogP contribution in [0.5, 0.6) is 0 Å². The summed E-state index contributed by atoms with van der Waals surface area (Å²) in [6.45, 7) is 7.66. The summed E-state index contributed by atoms with van der Waals surface area (Å²) in [6.07, 6.45) is 0. The lowest BCUT2D eigenvalue weighted by molar-refractivity contribution is -0.132. The standard InChI is InChI=1S/C4H6O2.C3H6O.CH4O/c1-3(2)4(5)6;1-3(2)4;1-2/h1H2,2H3,(H,5,6);1-2H3;2H,1H3. The van der Waals surface area contributed by atoms with Crippen LogP contribution < -0.4 is 0 Å². The maximum absolute atomic E-state index is 9.60. The molecule has 0 atom stereocenters. The van der Waals surface area contributed by atoms with Gasteiger partial charge in [0.2, 0.25) is 0 Å². The quantitative estimate of drug-likeness (QED) is 0.581. The summed E-state index contributed by atoms with van der Waals surface area (Å²) in [5.41, 5.74) is 0.176. The highest BCUT2D eigenvalue weighted by Crippen LogP contribution is 1.81. The maximum Gasteiger partial charge on any atom is 0.330 e. The van der Waals surface area contributed by atoms with E-state index in [1.54, 1.807) is 0 Å². The van der Waals surface area contributed by atoms with Crippen LogP contribution in [0.1, 0.15) is 20.8 Å². The number of aliphatic carboxylic acids is 1. The first-order valence-corrected chi connectivity index (χ1v) is 3.18. The van der Waals surface area contributed by atoms with E-state index in [1.807, 2.05) is 0 Å². The van der Waals surface area contributed by atoms with Gasteiger partial charge in [-0.05, 0) is 20.8 Å². The van der Waals surface area contributed by atoms with E-state index in [9.17, 15) is 9.59 Å². The molecular formula is C8H16O4. The molecule has 0 aromatic heterocycles. The van der Waals surface area contributed by atoms with Crippen LogP contribution in [0, 0.1) is 0 Å². The van der Waals surface area contributed by atoms with Crippen molar-refractivity contribution >= 4 is 11.8 Å². The molecule has 0 rings (SSSR count). The van der Waals surface area contributed by atoms with Crippen LogP contribution >= 0.6 is 0 Å². The first kappa shape index (κ1) is 17.1. The lowest BCUT2D eigenvalue weighted by Gasteiger charge is -1.79. The van der Waals surface area contributed by atoms with Gasteiger partial charge in [-0.3, -0.25) is 0 Å². The third kappa shape index (κ3) is 67.4. The Balaban J connectivity index is -0.000000118. The fourth-order valence-electron chi connectivity index (χ4n) is 0. The molecule has 0 spiro atoms. The number of carbonyl (C=O) groups is 2. The van der Waals surface area contributed by atoms with Crippen LogP contribution in [0.3, 0.4) is 0 Å². The summed E-state index contributed by atoms with van der Waals surface area (Å²) in [5, 5.41) is 14.9. The van der Waals surface area contributed by atoms with Crippen molar-refractivity contribution in [3.05, 3.63) is 12.2 Å². The number of aliphatic hydroxyl groups is 1. The Bertz CT molecular complexity index is 133. The number of ketones is 1. The molecule has 0 bridgehead atoms. The van der Waals surface area contributed by atoms with Gasteiger partial charge in [0.25, 0.3) is 0 Å². The molecule has 0 saturated heterocycles. The van der Waals surface area contributed by atoms with Gasteiger partial charge in [-0.1, -0.05) is 6.58 Å². The molecule has 12 heavy (non-hydrogen) atoms. The van der Waals surface area contributed by atoms with E-state index in [1.165, 1.54) is 20.8 Å². The highest BCUT2D eigenvalue weighted by Gasteiger charge is 1.90. The molecule has 4 nitrogen and oxygen atoms in total. The monoisotopic (exact) mass is 176 g/mol. The molecule has 0 aliphatic heterocycles. The number of carbonyl (C=O) groups excluding carboxylic acids is 1. The number of Topliss-reactive ketones (excluding diaryl/α,β-unsaturated/α-hetero) is 1. The zero-order valence-corrected chi connectivity index (χ0v) is 7.92. The minimum absolute atomic E-state index is 0.167. The first-order valence-electron chi connectivity index (χ1n) is 3.18. The molecule has 0 amide bonds. The van der Waals surface area contributed by atoms with Crippen molar-refractivity contribution < 1.29 is 19.8 Å². The number of carboxylic acids is 1. The predicted molar refractivity (Wildman–Crippen MR) is 46.9 cm³/mol. The zero-order valence-electron chi connectivity index (χ0n) is 7.92. The van der Waals surface area contributed by atoms with Crippen LogP contribution in [0.2, 0.25) is 0 Å². The molecule has 0 unspecified atom stereocenters. The van der Waals surface area contributed by atoms with Crippen molar-refractivity contribution in [2.24, 2.45) is 0 Å². The Morgan fingerprint density at radius 1 is 1.08 bits per heavy atom. The molecule has 0 fully saturated rings. The fourth-order valence-corrected chi connectivity index (χ4v) is 0. The molecule has 0 heterocycles.